The Morgan fingerprint density at radius 3 is 2.59 bits per heavy atom. The summed E-state index contributed by atoms with van der Waals surface area (Å²) in [5, 5.41) is 0.843. The first-order chi connectivity index (χ1) is 21.4. The van der Waals surface area contributed by atoms with Gasteiger partial charge in [-0.15, -0.1) is 0 Å². The summed E-state index contributed by atoms with van der Waals surface area (Å²) >= 11 is 0. The normalized spacial score (nSPS) is 21.6. The highest BCUT2D eigenvalue weighted by Crippen LogP contribution is 2.46. The average Bonchev–Trinajstić information content (AvgIpc) is 3.04. The second-order valence-electron chi connectivity index (χ2n) is 11.4. The molecule has 0 fully saturated rings. The molecule has 3 aliphatic rings. The third-order valence-corrected chi connectivity index (χ3v) is 8.91. The van der Waals surface area contributed by atoms with Crippen LogP contribution in [0.5, 0.6) is 23.0 Å². The lowest BCUT2D eigenvalue weighted by molar-refractivity contribution is -0.138. The van der Waals surface area contributed by atoms with Gasteiger partial charge in [0.05, 0.1) is 26.2 Å². The number of benzene rings is 3. The number of hydrogen-bond donors (Lipinski definition) is 0. The third kappa shape index (κ3) is 4.80. The van der Waals surface area contributed by atoms with Crippen LogP contribution >= 0.6 is 0 Å². The zero-order valence-electron chi connectivity index (χ0n) is 24.8. The molecule has 8 nitrogen and oxygen atoms in total. The molecule has 0 bridgehead atoms. The predicted molar refractivity (Wildman–Crippen MR) is 166 cm³/mol. The minimum Gasteiger partial charge on any atom is -0.493 e. The Hall–Kier alpha value is -4.98. The lowest BCUT2D eigenvalue weighted by Crippen LogP contribution is -2.48. The Labute approximate surface area is 255 Å². The van der Waals surface area contributed by atoms with Gasteiger partial charge in [0.15, 0.2) is 11.5 Å². The van der Waals surface area contributed by atoms with E-state index < -0.39 is 17.6 Å². The van der Waals surface area contributed by atoms with Crippen LogP contribution in [0.1, 0.15) is 34.2 Å². The molecule has 3 aromatic carbocycles. The average molecular weight is 592 g/mol. The molecule has 0 spiro atoms. The van der Waals surface area contributed by atoms with Gasteiger partial charge in [-0.05, 0) is 66.4 Å². The molecule has 0 saturated heterocycles. The Balaban J connectivity index is 1.28. The summed E-state index contributed by atoms with van der Waals surface area (Å²) in [7, 11) is 3.23. The smallest absolute Gasteiger partial charge is 0.336 e. The number of rotatable bonds is 6. The van der Waals surface area contributed by atoms with Crippen molar-refractivity contribution in [1.29, 1.82) is 0 Å². The number of fused-ring (bicyclic) bond motifs is 4. The van der Waals surface area contributed by atoms with Gasteiger partial charge in [-0.1, -0.05) is 36.4 Å². The van der Waals surface area contributed by atoms with Crippen LogP contribution in [0.4, 0.5) is 0 Å². The molecular formula is C36H33NO7. The summed E-state index contributed by atoms with van der Waals surface area (Å²) in [5.41, 5.74) is 3.79. The Bertz CT molecular complexity index is 1870. The van der Waals surface area contributed by atoms with Crippen LogP contribution < -0.4 is 24.6 Å². The lowest BCUT2D eigenvalue weighted by Gasteiger charge is -2.43. The number of carbonyl (C=O) groups is 1. The quantitative estimate of drug-likeness (QED) is 0.258. The molecule has 3 heterocycles. The molecule has 1 aromatic heterocycles. The van der Waals surface area contributed by atoms with Crippen molar-refractivity contribution >= 4 is 16.9 Å². The van der Waals surface area contributed by atoms with Crippen molar-refractivity contribution in [2.24, 2.45) is 5.92 Å². The second-order valence-corrected chi connectivity index (χ2v) is 11.4. The highest BCUT2D eigenvalue weighted by Gasteiger charge is 2.45. The maximum atomic E-state index is 14.8. The van der Waals surface area contributed by atoms with E-state index in [1.165, 1.54) is 6.07 Å². The maximum Gasteiger partial charge on any atom is 0.336 e. The minimum atomic E-state index is -0.423. The van der Waals surface area contributed by atoms with Gasteiger partial charge in [0, 0.05) is 35.5 Å². The van der Waals surface area contributed by atoms with Crippen molar-refractivity contribution in [3.8, 4) is 23.0 Å². The van der Waals surface area contributed by atoms with Crippen molar-refractivity contribution in [3.63, 3.8) is 0 Å². The van der Waals surface area contributed by atoms with Crippen molar-refractivity contribution < 1.29 is 28.2 Å². The molecule has 0 radical (unpaired) electrons. The third-order valence-electron chi connectivity index (χ3n) is 8.91. The first-order valence-electron chi connectivity index (χ1n) is 14.8. The minimum absolute atomic E-state index is 0.0184. The first-order valence-corrected chi connectivity index (χ1v) is 14.8. The summed E-state index contributed by atoms with van der Waals surface area (Å²) in [6, 6.07) is 18.3. The maximum absolute atomic E-state index is 14.8. The van der Waals surface area contributed by atoms with E-state index in [1.54, 1.807) is 20.3 Å². The van der Waals surface area contributed by atoms with Gasteiger partial charge < -0.3 is 28.3 Å². The summed E-state index contributed by atoms with van der Waals surface area (Å²) in [5.74, 6) is 1.97. The van der Waals surface area contributed by atoms with Crippen LogP contribution in [0.25, 0.3) is 11.0 Å². The zero-order valence-corrected chi connectivity index (χ0v) is 24.8. The van der Waals surface area contributed by atoms with E-state index in [1.807, 2.05) is 78.6 Å². The van der Waals surface area contributed by atoms with Crippen LogP contribution in [0, 0.1) is 12.8 Å². The number of carbonyl (C=O) groups excluding carboxylic acids is 1. The number of allylic oxidation sites excluding steroid dienone is 2. The van der Waals surface area contributed by atoms with Gasteiger partial charge in [-0.25, -0.2) is 4.79 Å². The summed E-state index contributed by atoms with van der Waals surface area (Å²) in [4.78, 5) is 28.8. The SMILES string of the molecule is COc1cc2c(cc1OC)C(COc1ccc3c(C)cc(=O)oc3c1)N(C(=O)C1c3ccccc3OC3C=CC=CC31)CC2. The van der Waals surface area contributed by atoms with Gasteiger partial charge in [-0.2, -0.15) is 0 Å². The Morgan fingerprint density at radius 2 is 1.75 bits per heavy atom. The van der Waals surface area contributed by atoms with Crippen molar-refractivity contribution in [1.82, 2.24) is 4.90 Å². The van der Waals surface area contributed by atoms with Crippen molar-refractivity contribution in [2.75, 3.05) is 27.4 Å². The molecule has 1 aliphatic carbocycles. The fraction of sp³-hybridized carbons (Fsp3) is 0.278. The number of aryl methyl sites for hydroxylation is 1. The van der Waals surface area contributed by atoms with Gasteiger partial charge in [-0.3, -0.25) is 4.79 Å². The number of nitrogens with zero attached hydrogens (tertiary/aromatic N) is 1. The molecule has 4 unspecified atom stereocenters. The Kier molecular flexibility index (Phi) is 7.12. The number of hydrogen-bond acceptors (Lipinski definition) is 7. The van der Waals surface area contributed by atoms with Gasteiger partial charge in [0.2, 0.25) is 5.91 Å². The molecule has 44 heavy (non-hydrogen) atoms. The molecule has 1 amide bonds. The largest absolute Gasteiger partial charge is 0.493 e. The van der Waals surface area contributed by atoms with E-state index >= 15 is 0 Å². The molecule has 8 heteroatoms. The van der Waals surface area contributed by atoms with E-state index in [4.69, 9.17) is 23.4 Å². The number of para-hydroxylation sites is 1. The van der Waals surface area contributed by atoms with Crippen LogP contribution in [0.3, 0.4) is 0 Å². The standard InChI is InChI=1S/C36H33NO7/c1-21-16-34(38)44-31-18-23(12-13-24(21)31)42-20-28-27-19-33(41-3)32(40-2)17-22(27)14-15-37(28)36(39)35-25-8-4-6-10-29(25)43-30-11-7-5-9-26(30)35/h4-13,16-19,25,28-29,35H,14-15,20H2,1-3H3. The summed E-state index contributed by atoms with van der Waals surface area (Å²) in [6.45, 7) is 2.57. The van der Waals surface area contributed by atoms with Crippen LogP contribution in [-0.4, -0.2) is 44.3 Å². The highest BCUT2D eigenvalue weighted by atomic mass is 16.5. The number of methoxy groups -OCH3 is 2. The van der Waals surface area contributed by atoms with Gasteiger partial charge in [0.1, 0.15) is 29.8 Å². The van der Waals surface area contributed by atoms with Crippen molar-refractivity contribution in [3.05, 3.63) is 118 Å². The highest BCUT2D eigenvalue weighted by molar-refractivity contribution is 5.87. The summed E-state index contributed by atoms with van der Waals surface area (Å²) < 4.78 is 29.4. The van der Waals surface area contributed by atoms with Crippen molar-refractivity contribution in [2.45, 2.75) is 31.4 Å². The molecule has 224 valence electrons. The fourth-order valence-electron chi connectivity index (χ4n) is 6.74. The second kappa shape index (κ2) is 11.3. The molecular weight excluding hydrogens is 558 g/mol. The molecule has 2 aliphatic heterocycles. The van der Waals surface area contributed by atoms with E-state index in [2.05, 4.69) is 6.08 Å². The van der Waals surface area contributed by atoms with E-state index in [-0.39, 0.29) is 24.5 Å². The molecule has 4 aromatic rings. The monoisotopic (exact) mass is 591 g/mol. The van der Waals surface area contributed by atoms with E-state index in [9.17, 15) is 9.59 Å². The molecule has 0 N–H and O–H groups in total. The number of ether oxygens (including phenoxy) is 4. The predicted octanol–water partition coefficient (Wildman–Crippen LogP) is 5.91. The fourth-order valence-corrected chi connectivity index (χ4v) is 6.74. The number of amides is 1. The van der Waals surface area contributed by atoms with E-state index in [0.29, 0.717) is 35.8 Å². The van der Waals surface area contributed by atoms with E-state index in [0.717, 1.165) is 33.4 Å². The first kappa shape index (κ1) is 27.8. The lowest BCUT2D eigenvalue weighted by atomic mass is 9.76. The topological polar surface area (TPSA) is 87.4 Å². The van der Waals surface area contributed by atoms with Crippen LogP contribution in [0.2, 0.25) is 0 Å². The summed E-state index contributed by atoms with van der Waals surface area (Å²) in [6.07, 6.45) is 8.48. The molecule has 4 atom stereocenters. The van der Waals surface area contributed by atoms with Crippen LogP contribution in [-0.2, 0) is 11.2 Å². The molecule has 0 saturated carbocycles. The Morgan fingerprint density at radius 1 is 0.955 bits per heavy atom. The van der Waals surface area contributed by atoms with Gasteiger partial charge >= 0.3 is 5.63 Å². The zero-order chi connectivity index (χ0) is 30.4. The van der Waals surface area contributed by atoms with Gasteiger partial charge in [0.25, 0.3) is 0 Å². The molecule has 7 rings (SSSR count). The van der Waals surface area contributed by atoms with Crippen LogP contribution in [0.15, 0.2) is 94.2 Å².